The molecule has 0 unspecified atom stereocenters. The highest BCUT2D eigenvalue weighted by Crippen LogP contribution is 2.14. The molecule has 3 N–H and O–H groups in total. The van der Waals surface area contributed by atoms with Gasteiger partial charge in [-0.15, -0.1) is 11.3 Å². The van der Waals surface area contributed by atoms with Gasteiger partial charge in [-0.1, -0.05) is 19.9 Å². The van der Waals surface area contributed by atoms with Crippen LogP contribution in [-0.4, -0.2) is 35.6 Å². The summed E-state index contributed by atoms with van der Waals surface area (Å²) < 4.78 is 0. The van der Waals surface area contributed by atoms with Gasteiger partial charge < -0.3 is 10.4 Å². The van der Waals surface area contributed by atoms with Gasteiger partial charge in [0.25, 0.3) is 0 Å². The van der Waals surface area contributed by atoms with Gasteiger partial charge in [0.1, 0.15) is 5.54 Å². The Balaban J connectivity index is 2.33. The predicted molar refractivity (Wildman–Crippen MR) is 80.0 cm³/mol. The van der Waals surface area contributed by atoms with Crippen molar-refractivity contribution in [2.75, 3.05) is 13.1 Å². The Kier molecular flexibility index (Phi) is 6.67. The van der Waals surface area contributed by atoms with Crippen LogP contribution in [0.1, 0.15) is 31.6 Å². The summed E-state index contributed by atoms with van der Waals surface area (Å²) in [6.07, 6.45) is 1.69. The Morgan fingerprint density at radius 3 is 2.55 bits per heavy atom. The second-order valence-corrected chi connectivity index (χ2v) is 5.66. The molecule has 0 fully saturated rings. The second kappa shape index (κ2) is 8.01. The summed E-state index contributed by atoms with van der Waals surface area (Å²) in [6, 6.07) is 4.01. The summed E-state index contributed by atoms with van der Waals surface area (Å²) in [5.74, 6) is -1.08. The van der Waals surface area contributed by atoms with Crippen LogP contribution in [0.25, 0.3) is 0 Å². The Morgan fingerprint density at radius 1 is 1.35 bits per heavy atom. The first kappa shape index (κ1) is 16.7. The number of thiophene rings is 1. The fraction of sp³-hybridized carbons (Fsp3) is 0.571. The first-order valence-electron chi connectivity index (χ1n) is 6.81. The fourth-order valence-electron chi connectivity index (χ4n) is 1.97. The highest BCUT2D eigenvalue weighted by atomic mass is 32.1. The summed E-state index contributed by atoms with van der Waals surface area (Å²) in [6.45, 7) is 4.20. The number of hydrogen-bond acceptors (Lipinski definition) is 4. The smallest absolute Gasteiger partial charge is 0.323 e. The number of rotatable bonds is 9. The van der Waals surface area contributed by atoms with Crippen molar-refractivity contribution in [2.45, 2.75) is 38.6 Å². The maximum absolute atomic E-state index is 11.7. The third-order valence-electron chi connectivity index (χ3n) is 3.48. The molecule has 1 amide bonds. The topological polar surface area (TPSA) is 78.4 Å². The third kappa shape index (κ3) is 4.61. The van der Waals surface area contributed by atoms with Gasteiger partial charge in [-0.05, 0) is 30.7 Å². The van der Waals surface area contributed by atoms with E-state index in [1.165, 1.54) is 4.88 Å². The van der Waals surface area contributed by atoms with Crippen LogP contribution in [0.5, 0.6) is 0 Å². The number of carbonyl (C=O) groups is 2. The SMILES string of the molecule is CCC(CC)(NCC(=O)NCCc1cccs1)C(=O)O. The van der Waals surface area contributed by atoms with Crippen molar-refractivity contribution in [1.29, 1.82) is 0 Å². The van der Waals surface area contributed by atoms with E-state index in [4.69, 9.17) is 0 Å². The summed E-state index contributed by atoms with van der Waals surface area (Å²) in [5, 5.41) is 16.9. The minimum atomic E-state index is -1.01. The molecule has 0 atom stereocenters. The number of aliphatic carboxylic acids is 1. The molecule has 1 heterocycles. The van der Waals surface area contributed by atoms with Crippen LogP contribution in [0.4, 0.5) is 0 Å². The number of amides is 1. The van der Waals surface area contributed by atoms with Gasteiger partial charge in [-0.3, -0.25) is 14.9 Å². The maximum atomic E-state index is 11.7. The molecule has 0 radical (unpaired) electrons. The summed E-state index contributed by atoms with van der Waals surface area (Å²) in [5.41, 5.74) is -1.01. The number of carboxylic acids is 1. The van der Waals surface area contributed by atoms with E-state index in [-0.39, 0.29) is 12.5 Å². The highest BCUT2D eigenvalue weighted by Gasteiger charge is 2.34. The standard InChI is InChI=1S/C14H22N2O3S/c1-3-14(4-2,13(18)19)16-10-12(17)15-8-7-11-6-5-9-20-11/h5-6,9,16H,3-4,7-8,10H2,1-2H3,(H,15,17)(H,18,19). The van der Waals surface area contributed by atoms with Crippen molar-refractivity contribution in [2.24, 2.45) is 0 Å². The molecule has 0 aliphatic carbocycles. The molecule has 20 heavy (non-hydrogen) atoms. The second-order valence-electron chi connectivity index (χ2n) is 4.63. The zero-order chi connectivity index (χ0) is 15.0. The van der Waals surface area contributed by atoms with E-state index in [2.05, 4.69) is 10.6 Å². The maximum Gasteiger partial charge on any atom is 0.323 e. The lowest BCUT2D eigenvalue weighted by atomic mass is 9.93. The van der Waals surface area contributed by atoms with E-state index in [0.29, 0.717) is 19.4 Å². The van der Waals surface area contributed by atoms with Gasteiger partial charge in [-0.2, -0.15) is 0 Å². The van der Waals surface area contributed by atoms with Crippen LogP contribution in [0.15, 0.2) is 17.5 Å². The molecule has 1 aromatic heterocycles. The number of carbonyl (C=O) groups excluding carboxylic acids is 1. The fourth-order valence-corrected chi connectivity index (χ4v) is 2.68. The van der Waals surface area contributed by atoms with Crippen LogP contribution < -0.4 is 10.6 Å². The highest BCUT2D eigenvalue weighted by molar-refractivity contribution is 7.09. The molecule has 0 spiro atoms. The average Bonchev–Trinajstić information content (AvgIpc) is 2.93. The van der Waals surface area contributed by atoms with E-state index >= 15 is 0 Å². The van der Waals surface area contributed by atoms with Crippen molar-refractivity contribution in [3.63, 3.8) is 0 Å². The molecule has 0 aromatic carbocycles. The van der Waals surface area contributed by atoms with Gasteiger partial charge in [0.15, 0.2) is 0 Å². The normalized spacial score (nSPS) is 11.3. The summed E-state index contributed by atoms with van der Waals surface area (Å²) in [4.78, 5) is 24.2. The van der Waals surface area contributed by atoms with Gasteiger partial charge in [-0.25, -0.2) is 0 Å². The Morgan fingerprint density at radius 2 is 2.05 bits per heavy atom. The lowest BCUT2D eigenvalue weighted by Gasteiger charge is -2.27. The molecule has 0 bridgehead atoms. The van der Waals surface area contributed by atoms with Crippen molar-refractivity contribution in [1.82, 2.24) is 10.6 Å². The zero-order valence-electron chi connectivity index (χ0n) is 11.9. The van der Waals surface area contributed by atoms with E-state index in [1.54, 1.807) is 25.2 Å². The molecular formula is C14H22N2O3S. The Labute approximate surface area is 123 Å². The molecule has 0 aliphatic heterocycles. The Bertz CT molecular complexity index is 428. The number of hydrogen-bond donors (Lipinski definition) is 3. The summed E-state index contributed by atoms with van der Waals surface area (Å²) >= 11 is 1.66. The first-order valence-corrected chi connectivity index (χ1v) is 7.69. The summed E-state index contributed by atoms with van der Waals surface area (Å²) in [7, 11) is 0. The molecule has 0 aliphatic rings. The molecule has 6 heteroatoms. The quantitative estimate of drug-likeness (QED) is 0.647. The zero-order valence-corrected chi connectivity index (χ0v) is 12.8. The average molecular weight is 298 g/mol. The van der Waals surface area contributed by atoms with E-state index in [0.717, 1.165) is 6.42 Å². The van der Waals surface area contributed by atoms with Crippen LogP contribution in [0.2, 0.25) is 0 Å². The number of nitrogens with one attached hydrogen (secondary N) is 2. The monoisotopic (exact) mass is 298 g/mol. The minimum Gasteiger partial charge on any atom is -0.480 e. The van der Waals surface area contributed by atoms with E-state index in [1.807, 2.05) is 17.5 Å². The van der Waals surface area contributed by atoms with Gasteiger partial charge in [0, 0.05) is 11.4 Å². The molecule has 112 valence electrons. The molecule has 1 rings (SSSR count). The largest absolute Gasteiger partial charge is 0.480 e. The van der Waals surface area contributed by atoms with Crippen molar-refractivity contribution in [3.8, 4) is 0 Å². The van der Waals surface area contributed by atoms with Crippen LogP contribution in [-0.2, 0) is 16.0 Å². The number of carboxylic acid groups (broad SMARTS) is 1. The van der Waals surface area contributed by atoms with Crippen LogP contribution in [0, 0.1) is 0 Å². The van der Waals surface area contributed by atoms with E-state index < -0.39 is 11.5 Å². The molecule has 1 aromatic rings. The van der Waals surface area contributed by atoms with Gasteiger partial charge in [0.05, 0.1) is 6.54 Å². The minimum absolute atomic E-state index is 0.0262. The lowest BCUT2D eigenvalue weighted by Crippen LogP contribution is -2.54. The van der Waals surface area contributed by atoms with Gasteiger partial charge >= 0.3 is 5.97 Å². The van der Waals surface area contributed by atoms with E-state index in [9.17, 15) is 14.7 Å². The van der Waals surface area contributed by atoms with Crippen molar-refractivity contribution >= 4 is 23.2 Å². The Hall–Kier alpha value is -1.40. The lowest BCUT2D eigenvalue weighted by molar-refractivity contribution is -0.145. The van der Waals surface area contributed by atoms with Crippen molar-refractivity contribution in [3.05, 3.63) is 22.4 Å². The predicted octanol–water partition coefficient (Wildman–Crippen LogP) is 1.64. The van der Waals surface area contributed by atoms with Gasteiger partial charge in [0.2, 0.25) is 5.91 Å². The molecule has 5 nitrogen and oxygen atoms in total. The van der Waals surface area contributed by atoms with Crippen LogP contribution >= 0.6 is 11.3 Å². The third-order valence-corrected chi connectivity index (χ3v) is 4.41. The van der Waals surface area contributed by atoms with Crippen molar-refractivity contribution < 1.29 is 14.7 Å². The molecular weight excluding hydrogens is 276 g/mol. The first-order chi connectivity index (χ1) is 9.54. The molecule has 0 saturated carbocycles. The van der Waals surface area contributed by atoms with Crippen LogP contribution in [0.3, 0.4) is 0 Å². The molecule has 0 saturated heterocycles.